The molecule has 2 amide bonds. The van der Waals surface area contributed by atoms with Crippen LogP contribution in [0.15, 0.2) is 0 Å². The number of rotatable bonds is 5. The number of piperidine rings is 1. The van der Waals surface area contributed by atoms with Crippen molar-refractivity contribution in [2.24, 2.45) is 5.92 Å². The second-order valence-corrected chi connectivity index (χ2v) is 6.44. The van der Waals surface area contributed by atoms with E-state index in [4.69, 9.17) is 5.11 Å². The molecule has 2 bridgehead atoms. The van der Waals surface area contributed by atoms with Crippen LogP contribution in [-0.4, -0.2) is 52.6 Å². The highest BCUT2D eigenvalue weighted by Gasteiger charge is 2.43. The van der Waals surface area contributed by atoms with E-state index in [-0.39, 0.29) is 30.5 Å². The fourth-order valence-electron chi connectivity index (χ4n) is 3.39. The fourth-order valence-corrected chi connectivity index (χ4v) is 3.69. The average Bonchev–Trinajstić information content (AvgIpc) is 2.61. The molecule has 2 rings (SSSR count). The molecule has 0 saturated carbocycles. The Kier molecular flexibility index (Phi) is 4.96. The smallest absolute Gasteiger partial charge is 0.317 e. The van der Waals surface area contributed by atoms with Gasteiger partial charge in [-0.15, -0.1) is 0 Å². The molecular formula is C13H22N2O3S. The summed E-state index contributed by atoms with van der Waals surface area (Å²) in [6, 6.07) is 0.532. The van der Waals surface area contributed by atoms with Gasteiger partial charge in [-0.3, -0.25) is 4.79 Å². The molecule has 19 heavy (non-hydrogen) atoms. The van der Waals surface area contributed by atoms with Crippen LogP contribution in [0.3, 0.4) is 0 Å². The van der Waals surface area contributed by atoms with Gasteiger partial charge in [-0.25, -0.2) is 4.79 Å². The number of carboxylic acid groups (broad SMARTS) is 1. The van der Waals surface area contributed by atoms with Crippen LogP contribution < -0.4 is 5.32 Å². The second-order valence-electron chi connectivity index (χ2n) is 5.45. The molecule has 0 aromatic rings. The van der Waals surface area contributed by atoms with Crippen LogP contribution in [0.2, 0.25) is 0 Å². The molecule has 2 aliphatic rings. The number of hydrogen-bond acceptors (Lipinski definition) is 3. The van der Waals surface area contributed by atoms with Gasteiger partial charge in [0.05, 0.1) is 0 Å². The predicted octanol–water partition coefficient (Wildman–Crippen LogP) is 1.78. The third-order valence-electron chi connectivity index (χ3n) is 4.11. The van der Waals surface area contributed by atoms with Gasteiger partial charge in [0.2, 0.25) is 0 Å². The molecule has 2 N–H and O–H groups in total. The van der Waals surface area contributed by atoms with E-state index < -0.39 is 5.97 Å². The molecule has 2 atom stereocenters. The molecule has 2 aliphatic heterocycles. The normalized spacial score (nSPS) is 29.3. The minimum Gasteiger partial charge on any atom is -0.481 e. The number of fused-ring (bicyclic) bond motifs is 2. The number of thioether (sulfide) groups is 1. The van der Waals surface area contributed by atoms with Gasteiger partial charge in [-0.05, 0) is 37.9 Å². The van der Waals surface area contributed by atoms with Gasteiger partial charge in [-0.2, -0.15) is 11.8 Å². The standard InChI is InChI=1S/C13H22N2O3S/c1-19-5-4-14-13(18)15-10-2-3-11(15)7-9(6-10)8-12(16)17/h9-11H,2-8H2,1H3,(H,14,18)(H,16,17). The van der Waals surface area contributed by atoms with Crippen LogP contribution in [0.5, 0.6) is 0 Å². The maximum absolute atomic E-state index is 12.2. The molecule has 0 radical (unpaired) electrons. The van der Waals surface area contributed by atoms with E-state index >= 15 is 0 Å². The van der Waals surface area contributed by atoms with Crippen LogP contribution in [0.25, 0.3) is 0 Å². The van der Waals surface area contributed by atoms with E-state index in [9.17, 15) is 9.59 Å². The zero-order valence-electron chi connectivity index (χ0n) is 11.3. The molecule has 2 heterocycles. The van der Waals surface area contributed by atoms with Crippen LogP contribution in [0.1, 0.15) is 32.1 Å². The van der Waals surface area contributed by atoms with Crippen molar-refractivity contribution < 1.29 is 14.7 Å². The Morgan fingerprint density at radius 3 is 2.47 bits per heavy atom. The number of urea groups is 1. The minimum absolute atomic E-state index is 0.0373. The van der Waals surface area contributed by atoms with Crippen LogP contribution in [0, 0.1) is 5.92 Å². The largest absolute Gasteiger partial charge is 0.481 e. The van der Waals surface area contributed by atoms with Crippen molar-refractivity contribution in [3.8, 4) is 0 Å². The van der Waals surface area contributed by atoms with Gasteiger partial charge in [0, 0.05) is 30.8 Å². The summed E-state index contributed by atoms with van der Waals surface area (Å²) in [5.74, 6) is 0.448. The summed E-state index contributed by atoms with van der Waals surface area (Å²) in [5.41, 5.74) is 0. The molecule has 0 aliphatic carbocycles. The van der Waals surface area contributed by atoms with Gasteiger partial charge >= 0.3 is 12.0 Å². The Bertz CT molecular complexity index is 337. The third-order valence-corrected chi connectivity index (χ3v) is 4.72. The first-order valence-corrected chi connectivity index (χ1v) is 8.28. The number of amides is 2. The van der Waals surface area contributed by atoms with E-state index in [1.807, 2.05) is 11.2 Å². The van der Waals surface area contributed by atoms with E-state index in [0.717, 1.165) is 31.4 Å². The minimum atomic E-state index is -0.720. The molecule has 2 saturated heterocycles. The Labute approximate surface area is 118 Å². The quantitative estimate of drug-likeness (QED) is 0.756. The third kappa shape index (κ3) is 3.55. The molecule has 5 nitrogen and oxygen atoms in total. The highest BCUT2D eigenvalue weighted by Crippen LogP contribution is 2.39. The lowest BCUT2D eigenvalue weighted by Gasteiger charge is -2.38. The molecule has 2 fully saturated rings. The predicted molar refractivity (Wildman–Crippen MR) is 75.4 cm³/mol. The summed E-state index contributed by atoms with van der Waals surface area (Å²) in [6.07, 6.45) is 6.01. The monoisotopic (exact) mass is 286 g/mol. The van der Waals surface area contributed by atoms with Crippen molar-refractivity contribution in [3.63, 3.8) is 0 Å². The first-order valence-electron chi connectivity index (χ1n) is 6.88. The molecule has 0 spiro atoms. The lowest BCUT2D eigenvalue weighted by atomic mass is 9.88. The number of aliphatic carboxylic acids is 1. The van der Waals surface area contributed by atoms with Gasteiger partial charge in [0.25, 0.3) is 0 Å². The number of nitrogens with one attached hydrogen (secondary N) is 1. The Balaban J connectivity index is 1.88. The highest BCUT2D eigenvalue weighted by atomic mass is 32.2. The maximum Gasteiger partial charge on any atom is 0.317 e. The summed E-state index contributed by atoms with van der Waals surface area (Å²) >= 11 is 1.72. The van der Waals surface area contributed by atoms with Gasteiger partial charge in [-0.1, -0.05) is 0 Å². The maximum atomic E-state index is 12.2. The first-order chi connectivity index (χ1) is 9.11. The van der Waals surface area contributed by atoms with Gasteiger partial charge < -0.3 is 15.3 Å². The molecule has 6 heteroatoms. The van der Waals surface area contributed by atoms with Crippen LogP contribution >= 0.6 is 11.8 Å². The Hall–Kier alpha value is -0.910. The zero-order valence-corrected chi connectivity index (χ0v) is 12.1. The summed E-state index contributed by atoms with van der Waals surface area (Å²) in [7, 11) is 0. The average molecular weight is 286 g/mol. The van der Waals surface area contributed by atoms with E-state index in [2.05, 4.69) is 5.32 Å². The first kappa shape index (κ1) is 14.5. The van der Waals surface area contributed by atoms with E-state index in [1.54, 1.807) is 11.8 Å². The van der Waals surface area contributed by atoms with Gasteiger partial charge in [0.1, 0.15) is 0 Å². The lowest BCUT2D eigenvalue weighted by Crippen LogP contribution is -2.51. The Morgan fingerprint density at radius 1 is 1.32 bits per heavy atom. The van der Waals surface area contributed by atoms with Crippen molar-refractivity contribution >= 4 is 23.8 Å². The zero-order chi connectivity index (χ0) is 13.8. The molecule has 0 aromatic carbocycles. The van der Waals surface area contributed by atoms with Crippen molar-refractivity contribution in [1.29, 1.82) is 0 Å². The van der Waals surface area contributed by atoms with E-state index in [1.165, 1.54) is 0 Å². The summed E-state index contributed by atoms with van der Waals surface area (Å²) in [4.78, 5) is 24.9. The van der Waals surface area contributed by atoms with E-state index in [0.29, 0.717) is 6.54 Å². The van der Waals surface area contributed by atoms with Crippen molar-refractivity contribution in [3.05, 3.63) is 0 Å². The van der Waals surface area contributed by atoms with Crippen molar-refractivity contribution in [2.75, 3.05) is 18.6 Å². The molecular weight excluding hydrogens is 264 g/mol. The number of carboxylic acids is 1. The lowest BCUT2D eigenvalue weighted by molar-refractivity contribution is -0.138. The molecule has 2 unspecified atom stereocenters. The van der Waals surface area contributed by atoms with Crippen molar-refractivity contribution in [2.45, 2.75) is 44.2 Å². The summed E-state index contributed by atoms with van der Waals surface area (Å²) in [6.45, 7) is 0.703. The number of carbonyl (C=O) groups excluding carboxylic acids is 1. The second kappa shape index (κ2) is 6.50. The van der Waals surface area contributed by atoms with Crippen molar-refractivity contribution in [1.82, 2.24) is 10.2 Å². The number of hydrogen-bond donors (Lipinski definition) is 2. The molecule has 108 valence electrons. The molecule has 0 aromatic heterocycles. The Morgan fingerprint density at radius 2 is 1.95 bits per heavy atom. The fraction of sp³-hybridized carbons (Fsp3) is 0.846. The SMILES string of the molecule is CSCCNC(=O)N1C2CCC1CC(CC(=O)O)C2. The number of nitrogens with zero attached hydrogens (tertiary/aromatic N) is 1. The van der Waals surface area contributed by atoms with Crippen LogP contribution in [-0.2, 0) is 4.79 Å². The summed E-state index contributed by atoms with van der Waals surface area (Å²) in [5, 5.41) is 11.8. The summed E-state index contributed by atoms with van der Waals surface area (Å²) < 4.78 is 0. The number of carbonyl (C=O) groups is 2. The van der Waals surface area contributed by atoms with Gasteiger partial charge in [0.15, 0.2) is 0 Å². The highest BCUT2D eigenvalue weighted by molar-refractivity contribution is 7.98. The van der Waals surface area contributed by atoms with Crippen LogP contribution in [0.4, 0.5) is 4.79 Å². The topological polar surface area (TPSA) is 69.6 Å².